The van der Waals surface area contributed by atoms with Crippen LogP contribution in [0.3, 0.4) is 0 Å². The van der Waals surface area contributed by atoms with Gasteiger partial charge in [-0.3, -0.25) is 9.78 Å². The van der Waals surface area contributed by atoms with Gasteiger partial charge in [-0.15, -0.1) is 11.8 Å². The highest BCUT2D eigenvalue weighted by atomic mass is 32.2. The number of hydrogen-bond acceptors (Lipinski definition) is 4. The van der Waals surface area contributed by atoms with Gasteiger partial charge in [0.05, 0.1) is 5.75 Å². The molecule has 2 N–H and O–H groups in total. The Balaban J connectivity index is 1.40. The molecular weight excluding hydrogens is 330 g/mol. The summed E-state index contributed by atoms with van der Waals surface area (Å²) in [4.78, 5) is 16.1. The molecule has 3 rings (SSSR count). The zero-order valence-electron chi connectivity index (χ0n) is 14.4. The number of benzene rings is 1. The number of nitrogens with one attached hydrogen (secondary N) is 2. The minimum atomic E-state index is 0.0295. The van der Waals surface area contributed by atoms with Crippen LogP contribution >= 0.6 is 11.8 Å². The summed E-state index contributed by atoms with van der Waals surface area (Å²) in [6.07, 6.45) is 10.1. The van der Waals surface area contributed by atoms with Gasteiger partial charge in [0.25, 0.3) is 0 Å². The number of hydrogen-bond donors (Lipinski definition) is 2. The summed E-state index contributed by atoms with van der Waals surface area (Å²) < 4.78 is 0. The van der Waals surface area contributed by atoms with Gasteiger partial charge in [-0.05, 0) is 48.7 Å². The van der Waals surface area contributed by atoms with Crippen LogP contribution in [0.4, 0.5) is 11.4 Å². The maximum Gasteiger partial charge on any atom is 0.234 e. The Morgan fingerprint density at radius 3 is 2.56 bits per heavy atom. The van der Waals surface area contributed by atoms with E-state index in [9.17, 15) is 4.79 Å². The lowest BCUT2D eigenvalue weighted by molar-refractivity contribution is -0.113. The molecule has 0 bridgehead atoms. The fraction of sp³-hybridized carbons (Fsp3) is 0.400. The predicted octanol–water partition coefficient (Wildman–Crippen LogP) is 4.70. The third-order valence-electron chi connectivity index (χ3n) is 4.37. The summed E-state index contributed by atoms with van der Waals surface area (Å²) >= 11 is 1.60. The van der Waals surface area contributed by atoms with E-state index in [4.69, 9.17) is 0 Å². The van der Waals surface area contributed by atoms with Crippen LogP contribution in [0.1, 0.15) is 37.7 Å². The van der Waals surface area contributed by atoms with Crippen molar-refractivity contribution < 1.29 is 4.79 Å². The van der Waals surface area contributed by atoms with Gasteiger partial charge in [-0.1, -0.05) is 25.3 Å². The SMILES string of the molecule is O=C(CSCc1cccnc1)Nc1ccc(NC2CCCCC2)cc1. The highest BCUT2D eigenvalue weighted by Crippen LogP contribution is 2.22. The lowest BCUT2D eigenvalue weighted by atomic mass is 9.95. The molecule has 0 aliphatic heterocycles. The number of anilines is 2. The van der Waals surface area contributed by atoms with Crippen LogP contribution in [0.2, 0.25) is 0 Å². The Labute approximate surface area is 153 Å². The molecule has 1 aliphatic carbocycles. The van der Waals surface area contributed by atoms with Crippen molar-refractivity contribution >= 4 is 29.0 Å². The first kappa shape index (κ1) is 17.8. The highest BCUT2D eigenvalue weighted by Gasteiger charge is 2.12. The monoisotopic (exact) mass is 355 g/mol. The Morgan fingerprint density at radius 2 is 1.84 bits per heavy atom. The molecule has 1 heterocycles. The van der Waals surface area contributed by atoms with Crippen molar-refractivity contribution in [1.29, 1.82) is 0 Å². The number of pyridine rings is 1. The van der Waals surface area contributed by atoms with Crippen molar-refractivity contribution in [3.8, 4) is 0 Å². The van der Waals surface area contributed by atoms with Gasteiger partial charge in [0.1, 0.15) is 0 Å². The topological polar surface area (TPSA) is 54.0 Å². The number of aromatic nitrogens is 1. The Kier molecular flexibility index (Phi) is 6.74. The van der Waals surface area contributed by atoms with Gasteiger partial charge >= 0.3 is 0 Å². The van der Waals surface area contributed by atoms with E-state index in [-0.39, 0.29) is 5.91 Å². The van der Waals surface area contributed by atoms with Crippen molar-refractivity contribution in [2.24, 2.45) is 0 Å². The van der Waals surface area contributed by atoms with E-state index >= 15 is 0 Å². The molecule has 1 aliphatic rings. The van der Waals surface area contributed by atoms with Crippen LogP contribution in [0.15, 0.2) is 48.8 Å². The van der Waals surface area contributed by atoms with Crippen molar-refractivity contribution in [3.63, 3.8) is 0 Å². The van der Waals surface area contributed by atoms with E-state index in [1.807, 2.05) is 42.6 Å². The van der Waals surface area contributed by atoms with Gasteiger partial charge in [0.2, 0.25) is 5.91 Å². The summed E-state index contributed by atoms with van der Waals surface area (Å²) in [5.74, 6) is 1.27. The van der Waals surface area contributed by atoms with E-state index < -0.39 is 0 Å². The zero-order valence-corrected chi connectivity index (χ0v) is 15.2. The average molecular weight is 356 g/mol. The third-order valence-corrected chi connectivity index (χ3v) is 5.37. The number of carbonyl (C=O) groups is 1. The maximum absolute atomic E-state index is 12.0. The molecule has 25 heavy (non-hydrogen) atoms. The van der Waals surface area contributed by atoms with E-state index in [0.717, 1.165) is 22.7 Å². The molecule has 1 fully saturated rings. The Morgan fingerprint density at radius 1 is 1.08 bits per heavy atom. The first-order valence-electron chi connectivity index (χ1n) is 8.93. The second-order valence-corrected chi connectivity index (χ2v) is 7.44. The van der Waals surface area contributed by atoms with Crippen LogP contribution in [-0.4, -0.2) is 22.7 Å². The minimum absolute atomic E-state index is 0.0295. The lowest BCUT2D eigenvalue weighted by Crippen LogP contribution is -2.22. The highest BCUT2D eigenvalue weighted by molar-refractivity contribution is 7.99. The minimum Gasteiger partial charge on any atom is -0.382 e. The first-order valence-corrected chi connectivity index (χ1v) is 10.1. The van der Waals surface area contributed by atoms with Crippen LogP contribution in [0.5, 0.6) is 0 Å². The quantitative estimate of drug-likeness (QED) is 0.756. The van der Waals surface area contributed by atoms with Crippen molar-refractivity contribution in [1.82, 2.24) is 4.98 Å². The number of amides is 1. The van der Waals surface area contributed by atoms with E-state index in [1.165, 1.54) is 32.1 Å². The molecule has 0 atom stereocenters. The molecule has 0 spiro atoms. The predicted molar refractivity (Wildman–Crippen MR) is 106 cm³/mol. The molecule has 0 unspecified atom stereocenters. The molecule has 1 amide bonds. The largest absolute Gasteiger partial charge is 0.382 e. The second-order valence-electron chi connectivity index (χ2n) is 6.46. The molecule has 0 saturated heterocycles. The molecule has 0 radical (unpaired) electrons. The van der Waals surface area contributed by atoms with Crippen LogP contribution in [0.25, 0.3) is 0 Å². The average Bonchev–Trinajstić information content (AvgIpc) is 2.65. The van der Waals surface area contributed by atoms with Crippen molar-refractivity contribution in [2.45, 2.75) is 43.9 Å². The van der Waals surface area contributed by atoms with Crippen LogP contribution in [0, 0.1) is 0 Å². The molecule has 5 heteroatoms. The summed E-state index contributed by atoms with van der Waals surface area (Å²) in [7, 11) is 0. The fourth-order valence-corrected chi connectivity index (χ4v) is 3.84. The molecule has 1 saturated carbocycles. The third kappa shape index (κ3) is 6.09. The van der Waals surface area contributed by atoms with Crippen LogP contribution < -0.4 is 10.6 Å². The Hall–Kier alpha value is -2.01. The van der Waals surface area contributed by atoms with E-state index in [0.29, 0.717) is 11.8 Å². The second kappa shape index (κ2) is 9.47. The standard InChI is InChI=1S/C20H25N3OS/c24-20(15-25-14-16-5-4-12-21-13-16)23-19-10-8-18(9-11-19)22-17-6-2-1-3-7-17/h4-5,8-13,17,22H,1-3,6-7,14-15H2,(H,23,24). The number of nitrogens with zero attached hydrogens (tertiary/aromatic N) is 1. The Bertz CT molecular complexity index is 654. The smallest absolute Gasteiger partial charge is 0.234 e. The summed E-state index contributed by atoms with van der Waals surface area (Å²) in [5.41, 5.74) is 3.12. The molecule has 132 valence electrons. The van der Waals surface area contributed by atoms with E-state index in [2.05, 4.69) is 15.6 Å². The lowest BCUT2D eigenvalue weighted by Gasteiger charge is -2.23. The van der Waals surface area contributed by atoms with Crippen molar-refractivity contribution in [3.05, 3.63) is 54.4 Å². The number of carbonyl (C=O) groups excluding carboxylic acids is 1. The summed E-state index contributed by atoms with van der Waals surface area (Å²) in [6.45, 7) is 0. The van der Waals surface area contributed by atoms with Crippen molar-refractivity contribution in [2.75, 3.05) is 16.4 Å². The normalized spacial score (nSPS) is 14.9. The van der Waals surface area contributed by atoms with Gasteiger partial charge in [0, 0.05) is 35.6 Å². The molecule has 4 nitrogen and oxygen atoms in total. The summed E-state index contributed by atoms with van der Waals surface area (Å²) in [6, 6.07) is 12.6. The summed E-state index contributed by atoms with van der Waals surface area (Å²) in [5, 5.41) is 6.55. The van der Waals surface area contributed by atoms with Gasteiger partial charge in [-0.25, -0.2) is 0 Å². The van der Waals surface area contributed by atoms with Crippen LogP contribution in [-0.2, 0) is 10.5 Å². The molecular formula is C20H25N3OS. The van der Waals surface area contributed by atoms with E-state index in [1.54, 1.807) is 18.0 Å². The molecule has 1 aromatic carbocycles. The van der Waals surface area contributed by atoms with Gasteiger partial charge in [-0.2, -0.15) is 0 Å². The maximum atomic E-state index is 12.0. The van der Waals surface area contributed by atoms with Gasteiger partial charge in [0.15, 0.2) is 0 Å². The van der Waals surface area contributed by atoms with Gasteiger partial charge < -0.3 is 10.6 Å². The first-order chi connectivity index (χ1) is 12.3. The number of rotatable bonds is 7. The molecule has 1 aromatic heterocycles. The zero-order chi connectivity index (χ0) is 17.3. The fourth-order valence-electron chi connectivity index (χ4n) is 3.07. The number of thioether (sulfide) groups is 1. The molecule has 2 aromatic rings.